The van der Waals surface area contributed by atoms with Crippen molar-refractivity contribution in [3.63, 3.8) is 0 Å². The number of rotatable bonds is 8. The fraction of sp³-hybridized carbons (Fsp3) is 0.160. The number of amides is 1. The van der Waals surface area contributed by atoms with Crippen LogP contribution in [0.2, 0.25) is 0 Å². The lowest BCUT2D eigenvalue weighted by molar-refractivity contribution is 0.0937. The summed E-state index contributed by atoms with van der Waals surface area (Å²) in [5.74, 6) is -0.211. The molecule has 1 heterocycles. The first-order chi connectivity index (χ1) is 16.1. The molecule has 0 saturated heterocycles. The monoisotopic (exact) mass is 463 g/mol. The standard InChI is InChI=1S/C25H22FN3O3S/c1-32-15-14-27-23(30)17-10-12-19(13-11-17)29-24(31)20-7-3-5-9-22(20)28-25(29)33-16-18-6-2-4-8-21(18)26/h2-13H,14-16H2,1H3,(H,27,30). The van der Waals surface area contributed by atoms with E-state index in [2.05, 4.69) is 10.3 Å². The topological polar surface area (TPSA) is 73.2 Å². The number of hydrogen-bond acceptors (Lipinski definition) is 5. The number of nitrogens with zero attached hydrogens (tertiary/aromatic N) is 2. The second-order valence-electron chi connectivity index (χ2n) is 7.23. The van der Waals surface area contributed by atoms with E-state index >= 15 is 0 Å². The lowest BCUT2D eigenvalue weighted by Crippen LogP contribution is -2.27. The number of methoxy groups -OCH3 is 1. The first kappa shape index (κ1) is 22.7. The van der Waals surface area contributed by atoms with Gasteiger partial charge in [-0.2, -0.15) is 0 Å². The van der Waals surface area contributed by atoms with Crippen molar-refractivity contribution in [3.05, 3.63) is 100 Å². The molecule has 4 rings (SSSR count). The van der Waals surface area contributed by atoms with Crippen LogP contribution in [0.3, 0.4) is 0 Å². The number of para-hydroxylation sites is 1. The smallest absolute Gasteiger partial charge is 0.266 e. The molecule has 8 heteroatoms. The highest BCUT2D eigenvalue weighted by molar-refractivity contribution is 7.98. The first-order valence-electron chi connectivity index (χ1n) is 10.3. The van der Waals surface area contributed by atoms with Crippen molar-refractivity contribution < 1.29 is 13.9 Å². The number of ether oxygens (including phenoxy) is 1. The molecule has 0 aliphatic carbocycles. The molecule has 3 aromatic carbocycles. The van der Waals surface area contributed by atoms with Gasteiger partial charge in [-0.15, -0.1) is 0 Å². The van der Waals surface area contributed by atoms with E-state index < -0.39 is 0 Å². The van der Waals surface area contributed by atoms with E-state index in [9.17, 15) is 14.0 Å². The summed E-state index contributed by atoms with van der Waals surface area (Å²) in [6.45, 7) is 0.826. The Morgan fingerprint density at radius 1 is 1.06 bits per heavy atom. The van der Waals surface area contributed by atoms with Crippen molar-refractivity contribution >= 4 is 28.6 Å². The van der Waals surface area contributed by atoms with E-state index in [-0.39, 0.29) is 17.3 Å². The molecule has 6 nitrogen and oxygen atoms in total. The maximum atomic E-state index is 14.1. The highest BCUT2D eigenvalue weighted by Gasteiger charge is 2.15. The molecular formula is C25H22FN3O3S. The highest BCUT2D eigenvalue weighted by atomic mass is 32.2. The summed E-state index contributed by atoms with van der Waals surface area (Å²) in [6, 6.07) is 20.4. The fourth-order valence-electron chi connectivity index (χ4n) is 3.33. The number of halogens is 1. The van der Waals surface area contributed by atoms with Crippen LogP contribution in [0.25, 0.3) is 16.6 Å². The Morgan fingerprint density at radius 3 is 2.55 bits per heavy atom. The van der Waals surface area contributed by atoms with Crippen LogP contribution in [0.5, 0.6) is 0 Å². The minimum Gasteiger partial charge on any atom is -0.383 e. The summed E-state index contributed by atoms with van der Waals surface area (Å²) in [4.78, 5) is 30.3. The van der Waals surface area contributed by atoms with Gasteiger partial charge in [0.2, 0.25) is 0 Å². The third kappa shape index (κ3) is 5.13. The molecule has 0 aliphatic rings. The van der Waals surface area contributed by atoms with Gasteiger partial charge in [0.1, 0.15) is 5.82 Å². The Labute approximate surface area is 194 Å². The maximum absolute atomic E-state index is 14.1. The zero-order valence-corrected chi connectivity index (χ0v) is 18.8. The molecule has 0 radical (unpaired) electrons. The summed E-state index contributed by atoms with van der Waals surface area (Å²) in [5.41, 5.74) is 1.91. The van der Waals surface area contributed by atoms with Crippen molar-refractivity contribution in [2.24, 2.45) is 0 Å². The van der Waals surface area contributed by atoms with Gasteiger partial charge in [-0.05, 0) is 48.0 Å². The molecular weight excluding hydrogens is 441 g/mol. The van der Waals surface area contributed by atoms with E-state index in [0.717, 1.165) is 0 Å². The van der Waals surface area contributed by atoms with Gasteiger partial charge >= 0.3 is 0 Å². The molecule has 0 unspecified atom stereocenters. The Balaban J connectivity index is 1.70. The van der Waals surface area contributed by atoms with E-state index in [1.165, 1.54) is 22.4 Å². The van der Waals surface area contributed by atoms with Crippen LogP contribution in [0.1, 0.15) is 15.9 Å². The number of carbonyl (C=O) groups excluding carboxylic acids is 1. The zero-order chi connectivity index (χ0) is 23.2. The minimum absolute atomic E-state index is 0.225. The second-order valence-corrected chi connectivity index (χ2v) is 8.17. The van der Waals surface area contributed by atoms with Gasteiger partial charge in [0, 0.05) is 25.0 Å². The predicted octanol–water partition coefficient (Wildman–Crippen LogP) is 4.19. The third-order valence-corrected chi connectivity index (χ3v) is 6.03. The van der Waals surface area contributed by atoms with Gasteiger partial charge in [-0.25, -0.2) is 9.37 Å². The molecule has 33 heavy (non-hydrogen) atoms. The molecule has 0 aliphatic heterocycles. The Kier molecular flexibility index (Phi) is 7.16. The van der Waals surface area contributed by atoms with Crippen LogP contribution in [-0.4, -0.2) is 35.7 Å². The van der Waals surface area contributed by atoms with Crippen molar-refractivity contribution in [3.8, 4) is 5.69 Å². The lowest BCUT2D eigenvalue weighted by atomic mass is 10.2. The number of carbonyl (C=O) groups is 1. The van der Waals surface area contributed by atoms with Gasteiger partial charge in [-0.3, -0.25) is 14.2 Å². The van der Waals surface area contributed by atoms with Crippen molar-refractivity contribution in [2.45, 2.75) is 10.9 Å². The molecule has 0 atom stereocenters. The number of benzene rings is 3. The van der Waals surface area contributed by atoms with Gasteiger partial charge < -0.3 is 10.1 Å². The Morgan fingerprint density at radius 2 is 1.79 bits per heavy atom. The number of hydrogen-bond donors (Lipinski definition) is 1. The van der Waals surface area contributed by atoms with Crippen LogP contribution < -0.4 is 10.9 Å². The zero-order valence-electron chi connectivity index (χ0n) is 18.0. The molecule has 1 aromatic heterocycles. The predicted molar refractivity (Wildman–Crippen MR) is 128 cm³/mol. The Bertz CT molecular complexity index is 1340. The van der Waals surface area contributed by atoms with Crippen molar-refractivity contribution in [1.82, 2.24) is 14.9 Å². The molecule has 1 N–H and O–H groups in total. The largest absolute Gasteiger partial charge is 0.383 e. The van der Waals surface area contributed by atoms with E-state index in [1.54, 1.807) is 67.8 Å². The molecule has 4 aromatic rings. The SMILES string of the molecule is COCCNC(=O)c1ccc(-n2c(SCc3ccccc3F)nc3ccccc3c2=O)cc1. The number of aromatic nitrogens is 2. The lowest BCUT2D eigenvalue weighted by Gasteiger charge is -2.14. The van der Waals surface area contributed by atoms with Gasteiger partial charge in [0.05, 0.1) is 23.2 Å². The van der Waals surface area contributed by atoms with Gasteiger partial charge in [-0.1, -0.05) is 42.1 Å². The normalized spacial score (nSPS) is 11.0. The van der Waals surface area contributed by atoms with Crippen LogP contribution in [0.15, 0.2) is 82.7 Å². The molecule has 0 fully saturated rings. The van der Waals surface area contributed by atoms with Crippen LogP contribution >= 0.6 is 11.8 Å². The van der Waals surface area contributed by atoms with Crippen LogP contribution in [0.4, 0.5) is 4.39 Å². The fourth-order valence-corrected chi connectivity index (χ4v) is 4.32. The molecule has 1 amide bonds. The molecule has 168 valence electrons. The van der Waals surface area contributed by atoms with Gasteiger partial charge in [0.25, 0.3) is 11.5 Å². The molecule has 0 saturated carbocycles. The quantitative estimate of drug-likeness (QED) is 0.241. The van der Waals surface area contributed by atoms with Crippen molar-refractivity contribution in [1.29, 1.82) is 0 Å². The number of thioether (sulfide) groups is 1. The van der Waals surface area contributed by atoms with Crippen LogP contribution in [0, 0.1) is 5.82 Å². The average Bonchev–Trinajstić information content (AvgIpc) is 2.84. The third-order valence-electron chi connectivity index (χ3n) is 5.04. The average molecular weight is 464 g/mol. The van der Waals surface area contributed by atoms with E-state index in [4.69, 9.17) is 4.74 Å². The molecule has 0 bridgehead atoms. The molecule has 0 spiro atoms. The number of fused-ring (bicyclic) bond motifs is 1. The summed E-state index contributed by atoms with van der Waals surface area (Å²) < 4.78 is 20.6. The summed E-state index contributed by atoms with van der Waals surface area (Å²) >= 11 is 1.28. The first-order valence-corrected chi connectivity index (χ1v) is 11.3. The summed E-state index contributed by atoms with van der Waals surface area (Å²) in [7, 11) is 1.57. The van der Waals surface area contributed by atoms with Crippen molar-refractivity contribution in [2.75, 3.05) is 20.3 Å². The number of nitrogens with one attached hydrogen (secondary N) is 1. The second kappa shape index (κ2) is 10.4. The minimum atomic E-state index is -0.302. The Hall–Kier alpha value is -3.49. The summed E-state index contributed by atoms with van der Waals surface area (Å²) in [5, 5.41) is 3.69. The van der Waals surface area contributed by atoms with E-state index in [1.807, 2.05) is 6.07 Å². The highest BCUT2D eigenvalue weighted by Crippen LogP contribution is 2.25. The van der Waals surface area contributed by atoms with Crippen LogP contribution in [-0.2, 0) is 10.5 Å². The van der Waals surface area contributed by atoms with E-state index in [0.29, 0.717) is 51.8 Å². The van der Waals surface area contributed by atoms with Gasteiger partial charge in [0.15, 0.2) is 5.16 Å². The summed E-state index contributed by atoms with van der Waals surface area (Å²) in [6.07, 6.45) is 0. The maximum Gasteiger partial charge on any atom is 0.266 e.